The van der Waals surface area contributed by atoms with E-state index in [9.17, 15) is 4.79 Å². The van der Waals surface area contributed by atoms with Crippen molar-refractivity contribution in [2.24, 2.45) is 0 Å². The molecule has 2 aromatic rings. The van der Waals surface area contributed by atoms with Crippen molar-refractivity contribution in [3.05, 3.63) is 53.2 Å². The molecule has 1 saturated carbocycles. The predicted molar refractivity (Wildman–Crippen MR) is 93.4 cm³/mol. The van der Waals surface area contributed by atoms with Crippen molar-refractivity contribution in [1.82, 2.24) is 4.98 Å². The SMILES string of the molecule is CCc1ccnc(NC(=O)C2(c3ccc4c(c3)CCCO4)CC2)c1. The first-order chi connectivity index (χ1) is 11.7. The number of fused-ring (bicyclic) bond motifs is 1. The molecule has 0 saturated heterocycles. The number of benzene rings is 1. The number of nitrogens with zero attached hydrogens (tertiary/aromatic N) is 1. The number of pyridine rings is 1. The number of nitrogens with one attached hydrogen (secondary N) is 1. The number of carbonyl (C=O) groups excluding carboxylic acids is 1. The molecule has 0 atom stereocenters. The van der Waals surface area contributed by atoms with Gasteiger partial charge in [-0.25, -0.2) is 4.98 Å². The summed E-state index contributed by atoms with van der Waals surface area (Å²) in [7, 11) is 0. The number of aryl methyl sites for hydroxylation is 2. The van der Waals surface area contributed by atoms with Crippen LogP contribution in [0.2, 0.25) is 0 Å². The second kappa shape index (κ2) is 5.93. The summed E-state index contributed by atoms with van der Waals surface area (Å²) in [6.45, 7) is 2.88. The van der Waals surface area contributed by atoms with Crippen molar-refractivity contribution in [3.63, 3.8) is 0 Å². The first-order valence-electron chi connectivity index (χ1n) is 8.74. The molecule has 1 N–H and O–H groups in total. The number of ether oxygens (including phenoxy) is 1. The van der Waals surface area contributed by atoms with Crippen LogP contribution >= 0.6 is 0 Å². The van der Waals surface area contributed by atoms with Gasteiger partial charge < -0.3 is 10.1 Å². The highest BCUT2D eigenvalue weighted by Gasteiger charge is 2.51. The second-order valence-electron chi connectivity index (χ2n) is 6.71. The zero-order valence-electron chi connectivity index (χ0n) is 14.0. The minimum atomic E-state index is -0.392. The molecular weight excluding hydrogens is 300 g/mol. The summed E-state index contributed by atoms with van der Waals surface area (Å²) in [6, 6.07) is 10.2. The normalized spacial score (nSPS) is 17.5. The average molecular weight is 322 g/mol. The van der Waals surface area contributed by atoms with E-state index in [1.165, 1.54) is 11.1 Å². The highest BCUT2D eigenvalue weighted by molar-refractivity contribution is 6.01. The lowest BCUT2D eigenvalue weighted by Crippen LogP contribution is -2.28. The van der Waals surface area contributed by atoms with Crippen LogP contribution in [-0.2, 0) is 23.1 Å². The maximum absolute atomic E-state index is 12.9. The zero-order chi connectivity index (χ0) is 16.6. The Kier molecular flexibility index (Phi) is 3.75. The Bertz CT molecular complexity index is 781. The van der Waals surface area contributed by atoms with Gasteiger partial charge in [-0.3, -0.25) is 4.79 Å². The van der Waals surface area contributed by atoms with Crippen LogP contribution in [0.25, 0.3) is 0 Å². The van der Waals surface area contributed by atoms with Gasteiger partial charge in [0.2, 0.25) is 5.91 Å². The molecular formula is C20H22N2O2. The van der Waals surface area contributed by atoms with Gasteiger partial charge in [0.15, 0.2) is 0 Å². The summed E-state index contributed by atoms with van der Waals surface area (Å²) in [6.07, 6.45) is 6.55. The minimum absolute atomic E-state index is 0.0555. The first kappa shape index (κ1) is 15.2. The third-order valence-electron chi connectivity index (χ3n) is 5.12. The van der Waals surface area contributed by atoms with Gasteiger partial charge in [0.25, 0.3) is 0 Å². The van der Waals surface area contributed by atoms with E-state index in [0.29, 0.717) is 5.82 Å². The molecule has 0 radical (unpaired) electrons. The quantitative estimate of drug-likeness (QED) is 0.935. The van der Waals surface area contributed by atoms with Crippen LogP contribution in [0.15, 0.2) is 36.5 Å². The van der Waals surface area contributed by atoms with E-state index in [-0.39, 0.29) is 5.91 Å². The van der Waals surface area contributed by atoms with Crippen molar-refractivity contribution in [1.29, 1.82) is 0 Å². The zero-order valence-corrected chi connectivity index (χ0v) is 14.0. The molecule has 4 nitrogen and oxygen atoms in total. The molecule has 24 heavy (non-hydrogen) atoms. The van der Waals surface area contributed by atoms with E-state index < -0.39 is 5.41 Å². The van der Waals surface area contributed by atoms with Crippen LogP contribution < -0.4 is 10.1 Å². The highest BCUT2D eigenvalue weighted by Crippen LogP contribution is 2.50. The van der Waals surface area contributed by atoms with Gasteiger partial charge in [0, 0.05) is 6.20 Å². The fourth-order valence-corrected chi connectivity index (χ4v) is 3.43. The molecule has 124 valence electrons. The first-order valence-corrected chi connectivity index (χ1v) is 8.74. The Morgan fingerprint density at radius 3 is 2.96 bits per heavy atom. The lowest BCUT2D eigenvalue weighted by Gasteiger charge is -2.21. The summed E-state index contributed by atoms with van der Waals surface area (Å²) in [5.74, 6) is 1.67. The number of hydrogen-bond acceptors (Lipinski definition) is 3. The molecule has 1 aromatic carbocycles. The van der Waals surface area contributed by atoms with Gasteiger partial charge in [-0.1, -0.05) is 19.1 Å². The largest absolute Gasteiger partial charge is 0.493 e. The van der Waals surface area contributed by atoms with Gasteiger partial charge in [-0.05, 0) is 67.0 Å². The van der Waals surface area contributed by atoms with Crippen LogP contribution in [0.3, 0.4) is 0 Å². The summed E-state index contributed by atoms with van der Waals surface area (Å²) in [5, 5.41) is 3.02. The third kappa shape index (κ3) is 2.66. The van der Waals surface area contributed by atoms with E-state index in [0.717, 1.165) is 50.0 Å². The fourth-order valence-electron chi connectivity index (χ4n) is 3.43. The van der Waals surface area contributed by atoms with Gasteiger partial charge in [0.05, 0.1) is 12.0 Å². The lowest BCUT2D eigenvalue weighted by molar-refractivity contribution is -0.118. The van der Waals surface area contributed by atoms with Crippen molar-refractivity contribution in [2.45, 2.75) is 44.4 Å². The maximum Gasteiger partial charge on any atom is 0.236 e. The number of hydrogen-bond donors (Lipinski definition) is 1. The van der Waals surface area contributed by atoms with E-state index in [2.05, 4.69) is 23.3 Å². The molecule has 2 aliphatic rings. The Balaban J connectivity index is 1.57. The Labute approximate surface area is 142 Å². The highest BCUT2D eigenvalue weighted by atomic mass is 16.5. The summed E-state index contributed by atoms with van der Waals surface area (Å²) in [5.41, 5.74) is 3.12. The monoisotopic (exact) mass is 322 g/mol. The summed E-state index contributed by atoms with van der Waals surface area (Å²) >= 11 is 0. The summed E-state index contributed by atoms with van der Waals surface area (Å²) in [4.78, 5) is 17.2. The van der Waals surface area contributed by atoms with Crippen molar-refractivity contribution < 1.29 is 9.53 Å². The molecule has 4 heteroatoms. The number of anilines is 1. The molecule has 1 amide bonds. The molecule has 0 unspecified atom stereocenters. The predicted octanol–water partition coefficient (Wildman–Crippen LogP) is 3.64. The van der Waals surface area contributed by atoms with E-state index in [1.807, 2.05) is 24.3 Å². The maximum atomic E-state index is 12.9. The minimum Gasteiger partial charge on any atom is -0.493 e. The Morgan fingerprint density at radius 2 is 2.17 bits per heavy atom. The molecule has 1 aromatic heterocycles. The van der Waals surface area contributed by atoms with Crippen molar-refractivity contribution >= 4 is 11.7 Å². The van der Waals surface area contributed by atoms with Crippen molar-refractivity contribution in [2.75, 3.05) is 11.9 Å². The molecule has 1 aliphatic heterocycles. The smallest absolute Gasteiger partial charge is 0.236 e. The summed E-state index contributed by atoms with van der Waals surface area (Å²) < 4.78 is 5.68. The molecule has 0 bridgehead atoms. The molecule has 0 spiro atoms. The standard InChI is InChI=1S/C20H22N2O2/c1-2-14-7-10-21-18(12-14)22-19(23)20(8-9-20)16-5-6-17-15(13-16)4-3-11-24-17/h5-7,10,12-13H,2-4,8-9,11H2,1H3,(H,21,22,23). The van der Waals surface area contributed by atoms with Crippen molar-refractivity contribution in [3.8, 4) is 5.75 Å². The van der Waals surface area contributed by atoms with Crippen LogP contribution in [0.5, 0.6) is 5.75 Å². The fraction of sp³-hybridized carbons (Fsp3) is 0.400. The average Bonchev–Trinajstić information content (AvgIpc) is 3.43. The van der Waals surface area contributed by atoms with Crippen LogP contribution in [0.1, 0.15) is 42.9 Å². The van der Waals surface area contributed by atoms with E-state index >= 15 is 0 Å². The molecule has 1 aliphatic carbocycles. The lowest BCUT2D eigenvalue weighted by atomic mass is 9.91. The number of rotatable bonds is 4. The van der Waals surface area contributed by atoms with Crippen LogP contribution in [0, 0.1) is 0 Å². The number of aromatic nitrogens is 1. The molecule has 2 heterocycles. The molecule has 1 fully saturated rings. The van der Waals surface area contributed by atoms with Crippen LogP contribution in [-0.4, -0.2) is 17.5 Å². The number of carbonyl (C=O) groups is 1. The van der Waals surface area contributed by atoms with Gasteiger partial charge >= 0.3 is 0 Å². The van der Waals surface area contributed by atoms with Gasteiger partial charge in [0.1, 0.15) is 11.6 Å². The van der Waals surface area contributed by atoms with E-state index in [1.54, 1.807) is 6.20 Å². The Morgan fingerprint density at radius 1 is 1.29 bits per heavy atom. The van der Waals surface area contributed by atoms with Gasteiger partial charge in [-0.2, -0.15) is 0 Å². The topological polar surface area (TPSA) is 51.2 Å². The molecule has 4 rings (SSSR count). The van der Waals surface area contributed by atoms with Crippen LogP contribution in [0.4, 0.5) is 5.82 Å². The second-order valence-corrected chi connectivity index (χ2v) is 6.71. The Hall–Kier alpha value is -2.36. The third-order valence-corrected chi connectivity index (χ3v) is 5.12. The van der Waals surface area contributed by atoms with E-state index in [4.69, 9.17) is 4.74 Å². The number of amides is 1. The van der Waals surface area contributed by atoms with Gasteiger partial charge in [-0.15, -0.1) is 0 Å².